The molecule has 11 heteroatoms. The van der Waals surface area contributed by atoms with E-state index in [1.54, 1.807) is 13.0 Å². The molecular weight excluding hydrogens is 375 g/mol. The fourth-order valence-electron chi connectivity index (χ4n) is 2.23. The van der Waals surface area contributed by atoms with E-state index in [4.69, 9.17) is 0 Å². The summed E-state index contributed by atoms with van der Waals surface area (Å²) in [7, 11) is 0. The van der Waals surface area contributed by atoms with Gasteiger partial charge in [0.25, 0.3) is 5.91 Å². The summed E-state index contributed by atoms with van der Waals surface area (Å²) in [6, 6.07) is 3.58. The molecule has 0 fully saturated rings. The number of anilines is 1. The summed E-state index contributed by atoms with van der Waals surface area (Å²) in [5.41, 5.74) is 4.83. The Balaban J connectivity index is 1.68. The molecule has 28 heavy (non-hydrogen) atoms. The highest BCUT2D eigenvalue weighted by Crippen LogP contribution is 2.32. The van der Waals surface area contributed by atoms with E-state index in [1.807, 2.05) is 0 Å². The van der Waals surface area contributed by atoms with Gasteiger partial charge in [-0.1, -0.05) is 0 Å². The second-order valence-electron chi connectivity index (χ2n) is 5.65. The van der Waals surface area contributed by atoms with Crippen molar-refractivity contribution in [2.24, 2.45) is 0 Å². The number of halogens is 3. The molecule has 8 nitrogen and oxygen atoms in total. The first kappa shape index (κ1) is 19.0. The van der Waals surface area contributed by atoms with Gasteiger partial charge < -0.3 is 0 Å². The number of aryl methyl sites for hydroxylation is 1. The van der Waals surface area contributed by atoms with Crippen LogP contribution in [0.25, 0.3) is 17.6 Å². The number of amides is 1. The molecule has 0 saturated carbocycles. The van der Waals surface area contributed by atoms with Gasteiger partial charge in [-0.15, -0.1) is 5.10 Å². The number of nitrogens with one attached hydrogen (secondary N) is 2. The highest BCUT2D eigenvalue weighted by Gasteiger charge is 2.31. The average Bonchev–Trinajstić information content (AvgIpc) is 3.13. The quantitative estimate of drug-likeness (QED) is 0.514. The van der Waals surface area contributed by atoms with Gasteiger partial charge in [0.2, 0.25) is 0 Å². The number of carbonyl (C=O) groups is 1. The zero-order chi connectivity index (χ0) is 20.1. The van der Waals surface area contributed by atoms with E-state index in [-0.39, 0.29) is 11.4 Å². The summed E-state index contributed by atoms with van der Waals surface area (Å²) in [5, 5.41) is 4.06. The maximum absolute atomic E-state index is 13.0. The van der Waals surface area contributed by atoms with Crippen molar-refractivity contribution in [3.63, 3.8) is 0 Å². The van der Waals surface area contributed by atoms with Gasteiger partial charge in [-0.3, -0.25) is 20.6 Å². The summed E-state index contributed by atoms with van der Waals surface area (Å²) in [6.45, 7) is 1.56. The monoisotopic (exact) mass is 389 g/mol. The van der Waals surface area contributed by atoms with Gasteiger partial charge in [0.1, 0.15) is 6.33 Å². The Labute approximate surface area is 157 Å². The highest BCUT2D eigenvalue weighted by atomic mass is 19.4. The SMILES string of the molecule is Cc1cc(-c2ncn(/C=C/C(=O)NNc3cnccn3)n2)cc(C(F)(F)F)c1. The first-order chi connectivity index (χ1) is 13.3. The number of carbonyl (C=O) groups excluding carboxylic acids is 1. The molecule has 1 aromatic carbocycles. The Morgan fingerprint density at radius 1 is 1.18 bits per heavy atom. The molecule has 3 rings (SSSR count). The Morgan fingerprint density at radius 3 is 2.71 bits per heavy atom. The van der Waals surface area contributed by atoms with Crippen molar-refractivity contribution in [2.45, 2.75) is 13.1 Å². The van der Waals surface area contributed by atoms with Gasteiger partial charge in [0.05, 0.1) is 11.8 Å². The molecule has 0 aliphatic carbocycles. The molecule has 0 atom stereocenters. The first-order valence-corrected chi connectivity index (χ1v) is 7.92. The maximum Gasteiger partial charge on any atom is 0.416 e. The minimum Gasteiger partial charge on any atom is -0.280 e. The molecule has 0 unspecified atom stereocenters. The molecule has 2 heterocycles. The minimum absolute atomic E-state index is 0.108. The molecule has 0 saturated heterocycles. The fraction of sp³-hybridized carbons (Fsp3) is 0.118. The molecule has 1 amide bonds. The average molecular weight is 389 g/mol. The van der Waals surface area contributed by atoms with Crippen molar-refractivity contribution in [1.82, 2.24) is 30.2 Å². The van der Waals surface area contributed by atoms with Crippen LogP contribution in [0.5, 0.6) is 0 Å². The zero-order valence-corrected chi connectivity index (χ0v) is 14.5. The number of nitrogens with zero attached hydrogens (tertiary/aromatic N) is 5. The summed E-state index contributed by atoms with van der Waals surface area (Å²) < 4.78 is 40.1. The van der Waals surface area contributed by atoms with Gasteiger partial charge in [0.15, 0.2) is 11.6 Å². The Hall–Kier alpha value is -3.76. The van der Waals surface area contributed by atoms with Gasteiger partial charge in [-0.25, -0.2) is 14.6 Å². The highest BCUT2D eigenvalue weighted by molar-refractivity contribution is 5.90. The van der Waals surface area contributed by atoms with E-state index in [1.165, 1.54) is 41.9 Å². The van der Waals surface area contributed by atoms with Crippen LogP contribution in [0.4, 0.5) is 19.0 Å². The molecule has 3 aromatic rings. The third-order valence-electron chi connectivity index (χ3n) is 3.43. The minimum atomic E-state index is -4.46. The van der Waals surface area contributed by atoms with Crippen LogP contribution >= 0.6 is 0 Å². The number of aromatic nitrogens is 5. The normalized spacial score (nSPS) is 11.6. The Kier molecular flexibility index (Phi) is 5.34. The molecule has 0 radical (unpaired) electrons. The Bertz CT molecular complexity index is 999. The van der Waals surface area contributed by atoms with Crippen LogP contribution in [0.2, 0.25) is 0 Å². The van der Waals surface area contributed by atoms with Crippen molar-refractivity contribution in [1.29, 1.82) is 0 Å². The molecule has 0 aliphatic rings. The smallest absolute Gasteiger partial charge is 0.280 e. The number of alkyl halides is 3. The summed E-state index contributed by atoms with van der Waals surface area (Å²) in [6.07, 6.45) is 3.66. The molecule has 144 valence electrons. The zero-order valence-electron chi connectivity index (χ0n) is 14.5. The molecule has 2 N–H and O–H groups in total. The van der Waals surface area contributed by atoms with Crippen LogP contribution in [0.15, 0.2) is 49.2 Å². The van der Waals surface area contributed by atoms with Crippen molar-refractivity contribution < 1.29 is 18.0 Å². The second-order valence-corrected chi connectivity index (χ2v) is 5.65. The standard InChI is InChI=1S/C17H14F3N7O/c1-11-6-12(8-13(7-11)17(18,19)20)16-23-10-27(26-16)5-2-15(28)25-24-14-9-21-3-4-22-14/h2-10H,1H3,(H,22,24)(H,25,28)/b5-2+. The van der Waals surface area contributed by atoms with Crippen LogP contribution < -0.4 is 10.9 Å². The predicted octanol–water partition coefficient (Wildman–Crippen LogP) is 2.68. The van der Waals surface area contributed by atoms with E-state index < -0.39 is 17.6 Å². The number of benzene rings is 1. The third kappa shape index (κ3) is 4.90. The largest absolute Gasteiger partial charge is 0.416 e. The fourth-order valence-corrected chi connectivity index (χ4v) is 2.23. The van der Waals surface area contributed by atoms with Gasteiger partial charge in [-0.05, 0) is 30.7 Å². The second kappa shape index (κ2) is 7.86. The van der Waals surface area contributed by atoms with Gasteiger partial charge in [-0.2, -0.15) is 13.2 Å². The number of hydrogen-bond donors (Lipinski definition) is 2. The van der Waals surface area contributed by atoms with E-state index in [0.29, 0.717) is 11.4 Å². The molecule has 0 bridgehead atoms. The van der Waals surface area contributed by atoms with Gasteiger partial charge in [0, 0.05) is 30.2 Å². The van der Waals surface area contributed by atoms with Crippen molar-refractivity contribution in [3.8, 4) is 11.4 Å². The van der Waals surface area contributed by atoms with Crippen LogP contribution in [0.3, 0.4) is 0 Å². The van der Waals surface area contributed by atoms with E-state index in [9.17, 15) is 18.0 Å². The predicted molar refractivity (Wildman–Crippen MR) is 94.3 cm³/mol. The number of rotatable bonds is 5. The summed E-state index contributed by atoms with van der Waals surface area (Å²) >= 11 is 0. The van der Waals surface area contributed by atoms with Crippen LogP contribution in [-0.2, 0) is 11.0 Å². The lowest BCUT2D eigenvalue weighted by molar-refractivity contribution is -0.137. The lowest BCUT2D eigenvalue weighted by atomic mass is 10.1. The molecular formula is C17H14F3N7O. The topological polar surface area (TPSA) is 97.6 Å². The third-order valence-corrected chi connectivity index (χ3v) is 3.43. The maximum atomic E-state index is 13.0. The Morgan fingerprint density at radius 2 is 2.00 bits per heavy atom. The van der Waals surface area contributed by atoms with Crippen LogP contribution in [-0.4, -0.2) is 30.6 Å². The van der Waals surface area contributed by atoms with Crippen LogP contribution in [0, 0.1) is 6.92 Å². The lowest BCUT2D eigenvalue weighted by Gasteiger charge is -2.09. The number of hydrogen-bond acceptors (Lipinski definition) is 6. The van der Waals surface area contributed by atoms with E-state index in [0.717, 1.165) is 12.1 Å². The summed E-state index contributed by atoms with van der Waals surface area (Å²) in [4.78, 5) is 23.5. The van der Waals surface area contributed by atoms with Crippen LogP contribution in [0.1, 0.15) is 11.1 Å². The van der Waals surface area contributed by atoms with Crippen molar-refractivity contribution in [3.05, 3.63) is 60.3 Å². The van der Waals surface area contributed by atoms with E-state index >= 15 is 0 Å². The summed E-state index contributed by atoms with van der Waals surface area (Å²) in [5.74, 6) is -0.0400. The van der Waals surface area contributed by atoms with Crippen molar-refractivity contribution >= 4 is 17.9 Å². The molecule has 0 spiro atoms. The lowest BCUT2D eigenvalue weighted by Crippen LogP contribution is -2.28. The first-order valence-electron chi connectivity index (χ1n) is 7.92. The molecule has 0 aliphatic heterocycles. The van der Waals surface area contributed by atoms with Gasteiger partial charge >= 0.3 is 6.18 Å². The number of hydrazine groups is 1. The van der Waals surface area contributed by atoms with E-state index in [2.05, 4.69) is 30.9 Å². The molecule has 2 aromatic heterocycles. The van der Waals surface area contributed by atoms with Crippen molar-refractivity contribution in [2.75, 3.05) is 5.43 Å².